The van der Waals surface area contributed by atoms with Crippen molar-refractivity contribution in [1.82, 2.24) is 4.90 Å². The average Bonchev–Trinajstić information content (AvgIpc) is 3.06. The van der Waals surface area contributed by atoms with Crippen LogP contribution in [0, 0.1) is 0 Å². The van der Waals surface area contributed by atoms with E-state index in [-0.39, 0.29) is 30.5 Å². The number of amides is 1. The molecule has 1 aliphatic heterocycles. The summed E-state index contributed by atoms with van der Waals surface area (Å²) in [6.45, 7) is 3.89. The molecule has 0 bridgehead atoms. The van der Waals surface area contributed by atoms with Crippen LogP contribution in [0.2, 0.25) is 0 Å². The first-order chi connectivity index (χ1) is 8.74. The number of nitrogens with two attached hydrogens (primary N) is 1. The molecule has 6 heteroatoms. The molecule has 4 nitrogen and oxygen atoms in total. The fourth-order valence-corrected chi connectivity index (χ4v) is 2.92. The third-order valence-electron chi connectivity index (χ3n) is 3.27. The molecule has 2 heterocycles. The van der Waals surface area contributed by atoms with Crippen LogP contribution in [0.25, 0.3) is 0 Å². The number of halogens is 1. The van der Waals surface area contributed by atoms with Gasteiger partial charge in [-0.1, -0.05) is 6.07 Å². The van der Waals surface area contributed by atoms with E-state index in [1.54, 1.807) is 11.3 Å². The first kappa shape index (κ1) is 16.4. The summed E-state index contributed by atoms with van der Waals surface area (Å²) >= 11 is 1.68. The molecular weight excluding hydrogens is 284 g/mol. The Morgan fingerprint density at radius 1 is 1.58 bits per heavy atom. The summed E-state index contributed by atoms with van der Waals surface area (Å²) in [4.78, 5) is 15.4. The zero-order chi connectivity index (χ0) is 13.0. The fourth-order valence-electron chi connectivity index (χ4n) is 2.20. The van der Waals surface area contributed by atoms with Crippen LogP contribution in [0.1, 0.15) is 24.6 Å². The Kier molecular flexibility index (Phi) is 6.79. The van der Waals surface area contributed by atoms with Gasteiger partial charge < -0.3 is 15.4 Å². The van der Waals surface area contributed by atoms with Crippen molar-refractivity contribution in [2.45, 2.75) is 38.5 Å². The molecule has 2 atom stereocenters. The van der Waals surface area contributed by atoms with Gasteiger partial charge in [0.05, 0.1) is 12.6 Å². The second-order valence-corrected chi connectivity index (χ2v) is 5.52. The standard InChI is InChI=1S/C13H20N2O2S.ClH/c1-2-15(9-11-4-3-7-18-11)13(16)12-6-5-10(8-14)17-12;/h3-4,7,10,12H,2,5-6,8-9,14H2,1H3;1H/t10-,12+;/m1./s1. The van der Waals surface area contributed by atoms with Gasteiger partial charge in [-0.05, 0) is 31.2 Å². The molecule has 0 aliphatic carbocycles. The molecule has 0 unspecified atom stereocenters. The second kappa shape index (κ2) is 7.85. The highest BCUT2D eigenvalue weighted by atomic mass is 35.5. The van der Waals surface area contributed by atoms with E-state index in [4.69, 9.17) is 10.5 Å². The van der Waals surface area contributed by atoms with Crippen molar-refractivity contribution in [3.05, 3.63) is 22.4 Å². The van der Waals surface area contributed by atoms with Gasteiger partial charge in [0.2, 0.25) is 0 Å². The number of nitrogens with zero attached hydrogens (tertiary/aromatic N) is 1. The lowest BCUT2D eigenvalue weighted by atomic mass is 10.2. The van der Waals surface area contributed by atoms with E-state index in [1.807, 2.05) is 23.3 Å². The third kappa shape index (κ3) is 4.18. The van der Waals surface area contributed by atoms with Crippen molar-refractivity contribution >= 4 is 29.7 Å². The second-order valence-electron chi connectivity index (χ2n) is 4.49. The first-order valence-electron chi connectivity index (χ1n) is 6.41. The van der Waals surface area contributed by atoms with Gasteiger partial charge in [-0.2, -0.15) is 0 Å². The zero-order valence-electron chi connectivity index (χ0n) is 11.1. The molecule has 1 amide bonds. The number of carbonyl (C=O) groups excluding carboxylic acids is 1. The summed E-state index contributed by atoms with van der Waals surface area (Å²) < 4.78 is 5.66. The molecule has 1 aromatic rings. The van der Waals surface area contributed by atoms with Gasteiger partial charge in [-0.3, -0.25) is 4.79 Å². The molecule has 0 saturated carbocycles. The molecule has 0 aromatic carbocycles. The number of hydrogen-bond acceptors (Lipinski definition) is 4. The van der Waals surface area contributed by atoms with E-state index in [2.05, 4.69) is 6.07 Å². The quantitative estimate of drug-likeness (QED) is 0.905. The molecule has 2 rings (SSSR count). The van der Waals surface area contributed by atoms with Crippen molar-refractivity contribution < 1.29 is 9.53 Å². The minimum absolute atomic E-state index is 0. The minimum Gasteiger partial charge on any atom is -0.364 e. The summed E-state index contributed by atoms with van der Waals surface area (Å²) in [5.41, 5.74) is 5.57. The maximum atomic E-state index is 12.3. The number of hydrogen-bond donors (Lipinski definition) is 1. The van der Waals surface area contributed by atoms with Crippen LogP contribution in [-0.2, 0) is 16.1 Å². The number of thiophene rings is 1. The van der Waals surface area contributed by atoms with Gasteiger partial charge >= 0.3 is 0 Å². The summed E-state index contributed by atoms with van der Waals surface area (Å²) in [6, 6.07) is 4.06. The van der Waals surface area contributed by atoms with Gasteiger partial charge in [0, 0.05) is 18.0 Å². The number of likely N-dealkylation sites (N-methyl/N-ethyl adjacent to an activating group) is 1. The number of carbonyl (C=O) groups is 1. The SMILES string of the molecule is CCN(Cc1cccs1)C(=O)[C@@H]1CC[C@H](CN)O1.Cl. The predicted octanol–water partition coefficient (Wildman–Crippen LogP) is 2.02. The van der Waals surface area contributed by atoms with Gasteiger partial charge in [0.15, 0.2) is 0 Å². The third-order valence-corrected chi connectivity index (χ3v) is 4.13. The van der Waals surface area contributed by atoms with Gasteiger partial charge in [0.25, 0.3) is 5.91 Å². The number of ether oxygens (including phenoxy) is 1. The summed E-state index contributed by atoms with van der Waals surface area (Å²) in [6.07, 6.45) is 1.45. The lowest BCUT2D eigenvalue weighted by molar-refractivity contribution is -0.143. The predicted molar refractivity (Wildman–Crippen MR) is 79.6 cm³/mol. The highest BCUT2D eigenvalue weighted by Gasteiger charge is 2.32. The van der Waals surface area contributed by atoms with Crippen LogP contribution in [0.5, 0.6) is 0 Å². The Labute approximate surface area is 124 Å². The lowest BCUT2D eigenvalue weighted by Gasteiger charge is -2.23. The van der Waals surface area contributed by atoms with Crippen molar-refractivity contribution in [2.75, 3.05) is 13.1 Å². The molecule has 108 valence electrons. The minimum atomic E-state index is -0.293. The zero-order valence-corrected chi connectivity index (χ0v) is 12.7. The Morgan fingerprint density at radius 2 is 2.37 bits per heavy atom. The van der Waals surface area contributed by atoms with E-state index in [0.717, 1.165) is 12.8 Å². The molecule has 1 aliphatic rings. The van der Waals surface area contributed by atoms with Crippen LogP contribution in [0.15, 0.2) is 17.5 Å². The van der Waals surface area contributed by atoms with Gasteiger partial charge in [-0.15, -0.1) is 23.7 Å². The molecule has 1 fully saturated rings. The molecule has 2 N–H and O–H groups in total. The maximum absolute atomic E-state index is 12.3. The Hall–Kier alpha value is -0.620. The Balaban J connectivity index is 0.00000180. The van der Waals surface area contributed by atoms with Crippen molar-refractivity contribution in [2.24, 2.45) is 5.73 Å². The van der Waals surface area contributed by atoms with E-state index in [1.165, 1.54) is 4.88 Å². The summed E-state index contributed by atoms with van der Waals surface area (Å²) in [7, 11) is 0. The summed E-state index contributed by atoms with van der Waals surface area (Å²) in [5.74, 6) is 0.0989. The topological polar surface area (TPSA) is 55.6 Å². The van der Waals surface area contributed by atoms with Crippen LogP contribution < -0.4 is 5.73 Å². The van der Waals surface area contributed by atoms with E-state index < -0.39 is 0 Å². The van der Waals surface area contributed by atoms with Gasteiger partial charge in [-0.25, -0.2) is 0 Å². The summed E-state index contributed by atoms with van der Waals surface area (Å²) in [5, 5.41) is 2.03. The van der Waals surface area contributed by atoms with Crippen molar-refractivity contribution in [1.29, 1.82) is 0 Å². The molecule has 19 heavy (non-hydrogen) atoms. The normalized spacial score (nSPS) is 22.0. The van der Waals surface area contributed by atoms with Crippen LogP contribution >= 0.6 is 23.7 Å². The van der Waals surface area contributed by atoms with Gasteiger partial charge in [0.1, 0.15) is 6.10 Å². The molecule has 0 spiro atoms. The first-order valence-corrected chi connectivity index (χ1v) is 7.29. The van der Waals surface area contributed by atoms with E-state index in [9.17, 15) is 4.79 Å². The fraction of sp³-hybridized carbons (Fsp3) is 0.615. The molecule has 0 radical (unpaired) electrons. The van der Waals surface area contributed by atoms with E-state index in [0.29, 0.717) is 19.6 Å². The average molecular weight is 305 g/mol. The number of rotatable bonds is 5. The molecular formula is C13H21ClN2O2S. The monoisotopic (exact) mass is 304 g/mol. The highest BCUT2D eigenvalue weighted by Crippen LogP contribution is 2.22. The smallest absolute Gasteiger partial charge is 0.252 e. The Morgan fingerprint density at radius 3 is 2.89 bits per heavy atom. The van der Waals surface area contributed by atoms with E-state index >= 15 is 0 Å². The Bertz CT molecular complexity index is 386. The van der Waals surface area contributed by atoms with Crippen LogP contribution in [0.4, 0.5) is 0 Å². The highest BCUT2D eigenvalue weighted by molar-refractivity contribution is 7.09. The van der Waals surface area contributed by atoms with Crippen LogP contribution in [0.3, 0.4) is 0 Å². The van der Waals surface area contributed by atoms with Crippen molar-refractivity contribution in [3.63, 3.8) is 0 Å². The molecule has 1 saturated heterocycles. The maximum Gasteiger partial charge on any atom is 0.252 e. The molecule has 1 aromatic heterocycles. The van der Waals surface area contributed by atoms with Crippen LogP contribution in [-0.4, -0.2) is 36.1 Å². The lowest BCUT2D eigenvalue weighted by Crippen LogP contribution is -2.39. The van der Waals surface area contributed by atoms with Crippen molar-refractivity contribution in [3.8, 4) is 0 Å². The largest absolute Gasteiger partial charge is 0.364 e.